The van der Waals surface area contributed by atoms with Gasteiger partial charge in [-0.1, -0.05) is 95.2 Å². The maximum absolute atomic E-state index is 10.8. The molecule has 6 heteroatoms. The normalized spacial score (nSPS) is 15.3. The van der Waals surface area contributed by atoms with Gasteiger partial charge in [-0.15, -0.1) is 0 Å². The largest absolute Gasteiger partial charge is 0.543 e. The number of phenols is 1. The van der Waals surface area contributed by atoms with Crippen LogP contribution in [0, 0.1) is 0 Å². The van der Waals surface area contributed by atoms with Gasteiger partial charge in [-0.05, 0) is 89.1 Å². The summed E-state index contributed by atoms with van der Waals surface area (Å²) in [6, 6.07) is 10.2. The molecule has 43 heavy (non-hydrogen) atoms. The Morgan fingerprint density at radius 1 is 0.698 bits per heavy atom. The van der Waals surface area contributed by atoms with Crippen molar-refractivity contribution in [2.24, 2.45) is 0 Å². The molecule has 0 unspecified atom stereocenters. The summed E-state index contributed by atoms with van der Waals surface area (Å²) in [5.74, 6) is 2.70. The van der Waals surface area contributed by atoms with Crippen molar-refractivity contribution >= 4 is 34.9 Å². The molecule has 0 atom stereocenters. The molecule has 2 aromatic rings. The summed E-state index contributed by atoms with van der Waals surface area (Å²) in [4.78, 5) is 0. The van der Waals surface area contributed by atoms with Crippen LogP contribution in [0.4, 0.5) is 0 Å². The molecule has 238 valence electrons. The molecule has 0 bridgehead atoms. The second-order valence-corrected chi connectivity index (χ2v) is 25.6. The van der Waals surface area contributed by atoms with Gasteiger partial charge in [-0.25, -0.2) is 0 Å². The Morgan fingerprint density at radius 3 is 1.72 bits per heavy atom. The first kappa shape index (κ1) is 35.0. The fraction of sp³-hybridized carbons (Fsp3) is 0.568. The molecule has 2 aromatic carbocycles. The molecule has 1 heterocycles. The molecule has 1 aliphatic rings. The van der Waals surface area contributed by atoms with Crippen molar-refractivity contribution < 1.29 is 18.7 Å². The van der Waals surface area contributed by atoms with Crippen molar-refractivity contribution in [1.29, 1.82) is 0 Å². The SMILES string of the molecule is CC(C)[Si](Oc1ccc(/C=C/c2cc(O)c3c(c2)OC(C)(C)C=C3)c(O[Si](C(C)C)(C(C)C)C(C)C)c1)(C(C)C)C(C)C. The van der Waals surface area contributed by atoms with E-state index >= 15 is 0 Å². The zero-order valence-electron chi connectivity index (χ0n) is 29.3. The first-order valence-electron chi connectivity index (χ1n) is 16.3. The molecule has 0 spiro atoms. The van der Waals surface area contributed by atoms with Gasteiger partial charge in [0.05, 0.1) is 5.56 Å². The molecule has 0 aliphatic carbocycles. The van der Waals surface area contributed by atoms with E-state index in [0.717, 1.165) is 28.2 Å². The third-order valence-corrected chi connectivity index (χ3v) is 21.6. The average molecular weight is 623 g/mol. The predicted molar refractivity (Wildman–Crippen MR) is 191 cm³/mol. The van der Waals surface area contributed by atoms with Crippen molar-refractivity contribution in [2.75, 3.05) is 0 Å². The quantitative estimate of drug-likeness (QED) is 0.189. The first-order chi connectivity index (χ1) is 19.9. The molecule has 0 fully saturated rings. The summed E-state index contributed by atoms with van der Waals surface area (Å²) in [5.41, 5.74) is 4.94. The van der Waals surface area contributed by atoms with E-state index in [4.69, 9.17) is 13.6 Å². The van der Waals surface area contributed by atoms with Gasteiger partial charge in [0.1, 0.15) is 28.6 Å². The highest BCUT2D eigenvalue weighted by Crippen LogP contribution is 2.47. The highest BCUT2D eigenvalue weighted by Gasteiger charge is 2.48. The molecule has 3 rings (SSSR count). The smallest absolute Gasteiger partial charge is 0.258 e. The number of aromatic hydroxyl groups is 1. The Labute approximate surface area is 264 Å². The van der Waals surface area contributed by atoms with E-state index in [9.17, 15) is 5.11 Å². The fourth-order valence-corrected chi connectivity index (χ4v) is 18.2. The number of rotatable bonds is 12. The van der Waals surface area contributed by atoms with E-state index in [0.29, 0.717) is 39.0 Å². The summed E-state index contributed by atoms with van der Waals surface area (Å²) in [7, 11) is -4.39. The van der Waals surface area contributed by atoms with Gasteiger partial charge in [-0.2, -0.15) is 0 Å². The number of hydrogen-bond acceptors (Lipinski definition) is 4. The first-order valence-corrected chi connectivity index (χ1v) is 20.6. The molecule has 0 amide bonds. The van der Waals surface area contributed by atoms with Crippen LogP contribution in [0.25, 0.3) is 18.2 Å². The third-order valence-electron chi connectivity index (χ3n) is 9.60. The molecular weight excluding hydrogens is 565 g/mol. The summed E-state index contributed by atoms with van der Waals surface area (Å²) >= 11 is 0. The lowest BCUT2D eigenvalue weighted by molar-refractivity contribution is 0.158. The van der Waals surface area contributed by atoms with Crippen molar-refractivity contribution in [3.63, 3.8) is 0 Å². The number of benzene rings is 2. The maximum atomic E-state index is 10.8. The Balaban J connectivity index is 2.15. The molecule has 0 saturated carbocycles. The van der Waals surface area contributed by atoms with E-state index in [-0.39, 0.29) is 5.75 Å². The highest BCUT2D eigenvalue weighted by atomic mass is 28.4. The van der Waals surface area contributed by atoms with Gasteiger partial charge < -0.3 is 18.7 Å². The lowest BCUT2D eigenvalue weighted by atomic mass is 10.00. The summed E-state index contributed by atoms with van der Waals surface area (Å²) in [6.07, 6.45) is 8.05. The van der Waals surface area contributed by atoms with Gasteiger partial charge >= 0.3 is 0 Å². The number of ether oxygens (including phenoxy) is 1. The number of fused-ring (bicyclic) bond motifs is 1. The van der Waals surface area contributed by atoms with Crippen LogP contribution < -0.4 is 13.6 Å². The Morgan fingerprint density at radius 2 is 1.21 bits per heavy atom. The van der Waals surface area contributed by atoms with Crippen molar-refractivity contribution in [3.8, 4) is 23.0 Å². The number of phenolic OH excluding ortho intramolecular Hbond substituents is 1. The molecule has 0 saturated heterocycles. The van der Waals surface area contributed by atoms with Crippen LogP contribution in [0.15, 0.2) is 36.4 Å². The van der Waals surface area contributed by atoms with Gasteiger partial charge in [0, 0.05) is 11.6 Å². The van der Waals surface area contributed by atoms with Crippen LogP contribution in [-0.4, -0.2) is 27.3 Å². The summed E-state index contributed by atoms with van der Waals surface area (Å²) in [5, 5.41) is 10.8. The second-order valence-electron chi connectivity index (χ2n) is 14.9. The number of hydrogen-bond donors (Lipinski definition) is 1. The molecule has 0 aromatic heterocycles. The van der Waals surface area contributed by atoms with Crippen LogP contribution in [0.5, 0.6) is 23.0 Å². The lowest BCUT2D eigenvalue weighted by Crippen LogP contribution is -2.51. The summed E-state index contributed by atoms with van der Waals surface area (Å²) in [6.45, 7) is 31.9. The minimum atomic E-state index is -2.25. The molecular formula is C37H58O4Si2. The Kier molecular flexibility index (Phi) is 10.8. The van der Waals surface area contributed by atoms with Crippen LogP contribution in [0.1, 0.15) is 114 Å². The highest BCUT2D eigenvalue weighted by molar-refractivity contribution is 6.78. The van der Waals surface area contributed by atoms with E-state index in [1.807, 2.05) is 38.1 Å². The van der Waals surface area contributed by atoms with Gasteiger partial charge in [-0.3, -0.25) is 0 Å². The van der Waals surface area contributed by atoms with E-state index in [1.54, 1.807) is 6.07 Å². The minimum absolute atomic E-state index is 0.215. The van der Waals surface area contributed by atoms with E-state index in [1.165, 1.54) is 0 Å². The van der Waals surface area contributed by atoms with Crippen LogP contribution >= 0.6 is 0 Å². The average Bonchev–Trinajstić information content (AvgIpc) is 2.87. The Hall–Kier alpha value is -2.45. The lowest BCUT2D eigenvalue weighted by Gasteiger charge is -2.43. The summed E-state index contributed by atoms with van der Waals surface area (Å²) < 4.78 is 20.6. The second kappa shape index (κ2) is 13.3. The van der Waals surface area contributed by atoms with Gasteiger partial charge in [0.15, 0.2) is 0 Å². The monoisotopic (exact) mass is 622 g/mol. The third kappa shape index (κ3) is 7.11. The van der Waals surface area contributed by atoms with Gasteiger partial charge in [0.2, 0.25) is 0 Å². The fourth-order valence-electron chi connectivity index (χ4n) is 7.67. The predicted octanol–water partition coefficient (Wildman–Crippen LogP) is 11.9. The minimum Gasteiger partial charge on any atom is -0.543 e. The molecule has 1 N–H and O–H groups in total. The molecule has 0 radical (unpaired) electrons. The zero-order valence-corrected chi connectivity index (χ0v) is 31.3. The topological polar surface area (TPSA) is 47.9 Å². The van der Waals surface area contributed by atoms with Crippen LogP contribution in [-0.2, 0) is 0 Å². The maximum Gasteiger partial charge on any atom is 0.258 e. The Bertz CT molecular complexity index is 1270. The van der Waals surface area contributed by atoms with Crippen molar-refractivity contribution in [1.82, 2.24) is 0 Å². The van der Waals surface area contributed by atoms with Crippen molar-refractivity contribution in [2.45, 2.75) is 136 Å². The standard InChI is InChI=1S/C37H58O4Si2/c1-24(2)42(25(3)4,26(5)6)40-32-18-17-31(35(23-32)41-43(27(7)8,28(9)10)29(11)12)16-15-30-21-34(38)33-19-20-37(13,14)39-36(33)22-30/h15-29,38H,1-14H3/b16-15+. The van der Waals surface area contributed by atoms with Crippen molar-refractivity contribution in [3.05, 3.63) is 53.1 Å². The van der Waals surface area contributed by atoms with E-state index in [2.05, 4.69) is 107 Å². The van der Waals surface area contributed by atoms with Crippen LogP contribution in [0.2, 0.25) is 33.2 Å². The van der Waals surface area contributed by atoms with E-state index < -0.39 is 22.2 Å². The molecule has 4 nitrogen and oxygen atoms in total. The van der Waals surface area contributed by atoms with Crippen LogP contribution in [0.3, 0.4) is 0 Å². The zero-order chi connectivity index (χ0) is 32.5. The molecule has 1 aliphatic heterocycles. The van der Waals surface area contributed by atoms with Gasteiger partial charge in [0.25, 0.3) is 16.6 Å².